The van der Waals surface area contributed by atoms with E-state index < -0.39 is 0 Å². The third-order valence-electron chi connectivity index (χ3n) is 2.92. The molecule has 0 unspecified atom stereocenters. The van der Waals surface area contributed by atoms with Crippen LogP contribution in [0, 0.1) is 13.0 Å². The van der Waals surface area contributed by atoms with Crippen LogP contribution >= 0.6 is 0 Å². The van der Waals surface area contributed by atoms with Gasteiger partial charge in [0.25, 0.3) is 0 Å². The molecule has 0 atom stereocenters. The number of benzene rings is 1. The van der Waals surface area contributed by atoms with E-state index in [9.17, 15) is 4.79 Å². The Bertz CT molecular complexity index is 725. The molecule has 1 aromatic heterocycles. The average molecular weight is 521 g/mol. The number of pyridine rings is 1. The molecule has 0 aliphatic carbocycles. The summed E-state index contributed by atoms with van der Waals surface area (Å²) in [6, 6.07) is 10.7. The molecule has 0 spiro atoms. The number of aliphatic hydroxyl groups excluding tert-OH is 1. The molecule has 1 radical (unpaired) electrons. The van der Waals surface area contributed by atoms with E-state index in [2.05, 4.69) is 11.1 Å². The summed E-state index contributed by atoms with van der Waals surface area (Å²) in [6.45, 7) is 4.88. The van der Waals surface area contributed by atoms with Crippen LogP contribution in [0.15, 0.2) is 42.3 Å². The number of hydrogen-bond acceptors (Lipinski definition) is 5. The molecule has 1 heterocycles. The second-order valence-electron chi connectivity index (χ2n) is 5.10. The number of ketones is 1. The van der Waals surface area contributed by atoms with Gasteiger partial charge in [-0.3, -0.25) is 4.79 Å². The van der Waals surface area contributed by atoms with E-state index in [0.717, 1.165) is 22.6 Å². The number of ether oxygens (including phenoxy) is 2. The first-order valence-electron chi connectivity index (χ1n) is 7.32. The summed E-state index contributed by atoms with van der Waals surface area (Å²) in [4.78, 5) is 14.3. The minimum atomic E-state index is -0.125. The molecule has 5 nitrogen and oxygen atoms in total. The normalized spacial score (nSPS) is 10.0. The largest absolute Gasteiger partial charge is 0.540 e. The molecule has 6 heteroatoms. The van der Waals surface area contributed by atoms with Gasteiger partial charge < -0.3 is 19.6 Å². The van der Waals surface area contributed by atoms with Gasteiger partial charge in [0.2, 0.25) is 0 Å². The van der Waals surface area contributed by atoms with E-state index in [4.69, 9.17) is 14.6 Å². The zero-order chi connectivity index (χ0) is 18.1. The van der Waals surface area contributed by atoms with Gasteiger partial charge in [0, 0.05) is 43.9 Å². The Morgan fingerprint density at radius 2 is 1.92 bits per heavy atom. The van der Waals surface area contributed by atoms with Crippen molar-refractivity contribution < 1.29 is 39.5 Å². The summed E-state index contributed by atoms with van der Waals surface area (Å²) in [7, 11) is 3.25. The molecule has 2 rings (SSSR count). The second-order valence-corrected chi connectivity index (χ2v) is 5.10. The van der Waals surface area contributed by atoms with E-state index in [1.54, 1.807) is 26.5 Å². The zero-order valence-electron chi connectivity index (χ0n) is 14.9. The van der Waals surface area contributed by atoms with Crippen LogP contribution in [-0.4, -0.2) is 30.1 Å². The summed E-state index contributed by atoms with van der Waals surface area (Å²) in [5, 5.41) is 8.36. The van der Waals surface area contributed by atoms with Gasteiger partial charge in [-0.15, -0.1) is 12.1 Å². The van der Waals surface area contributed by atoms with Gasteiger partial charge in [0.1, 0.15) is 0 Å². The van der Waals surface area contributed by atoms with Gasteiger partial charge in [0.05, 0.1) is 20.0 Å². The number of aliphatic hydroxyl groups is 1. The molecule has 0 amide bonds. The maximum absolute atomic E-state index is 10.0. The molecule has 25 heavy (non-hydrogen) atoms. The summed E-state index contributed by atoms with van der Waals surface area (Å²) in [5.74, 6) is 1.37. The molecule has 1 N–H and O–H groups in total. The Labute approximate surface area is 162 Å². The molecular formula is C19H22IrNO4-. The van der Waals surface area contributed by atoms with Gasteiger partial charge in [0.15, 0.2) is 5.78 Å². The molecule has 0 aliphatic heterocycles. The van der Waals surface area contributed by atoms with Gasteiger partial charge in [-0.2, -0.15) is 0 Å². The van der Waals surface area contributed by atoms with Crippen molar-refractivity contribution in [2.24, 2.45) is 0 Å². The Balaban J connectivity index is 0.000000620. The third-order valence-corrected chi connectivity index (χ3v) is 2.92. The topological polar surface area (TPSA) is 68.7 Å². The zero-order valence-corrected chi connectivity index (χ0v) is 17.3. The molecule has 0 saturated carbocycles. The first-order chi connectivity index (χ1) is 11.4. The number of rotatable bonds is 4. The van der Waals surface area contributed by atoms with Crippen LogP contribution in [0.25, 0.3) is 11.3 Å². The van der Waals surface area contributed by atoms with Gasteiger partial charge in [-0.25, -0.2) is 0 Å². The number of methoxy groups -OCH3 is 2. The fourth-order valence-corrected chi connectivity index (χ4v) is 1.90. The fourth-order valence-electron chi connectivity index (χ4n) is 1.90. The van der Waals surface area contributed by atoms with Crippen molar-refractivity contribution in [3.8, 4) is 22.8 Å². The van der Waals surface area contributed by atoms with Crippen LogP contribution in [0.2, 0.25) is 0 Å². The summed E-state index contributed by atoms with van der Waals surface area (Å²) in [5.41, 5.74) is 2.85. The Hall–Kier alpha value is -2.17. The van der Waals surface area contributed by atoms with Crippen molar-refractivity contribution in [3.63, 3.8) is 0 Å². The number of aryl methyl sites for hydroxylation is 1. The van der Waals surface area contributed by atoms with E-state index in [0.29, 0.717) is 5.75 Å². The van der Waals surface area contributed by atoms with E-state index in [1.807, 2.05) is 25.1 Å². The molecule has 2 aromatic rings. The van der Waals surface area contributed by atoms with Crippen molar-refractivity contribution in [3.05, 3.63) is 53.9 Å². The smallest absolute Gasteiger partial charge is 0.155 e. The molecule has 0 aliphatic rings. The number of hydrogen-bond donors (Lipinski definition) is 1. The van der Waals surface area contributed by atoms with Crippen molar-refractivity contribution in [2.45, 2.75) is 20.8 Å². The molecule has 0 fully saturated rings. The number of allylic oxidation sites excluding steroid dienone is 2. The van der Waals surface area contributed by atoms with Gasteiger partial charge in [-0.1, -0.05) is 23.3 Å². The molecular weight excluding hydrogens is 498 g/mol. The molecule has 0 bridgehead atoms. The minimum Gasteiger partial charge on any atom is -0.540 e. The van der Waals surface area contributed by atoms with Gasteiger partial charge >= 0.3 is 0 Å². The van der Waals surface area contributed by atoms with Gasteiger partial charge in [-0.05, 0) is 32.5 Å². The second kappa shape index (κ2) is 11.4. The Kier molecular flexibility index (Phi) is 10.4. The Morgan fingerprint density at radius 3 is 2.36 bits per heavy atom. The van der Waals surface area contributed by atoms with Crippen molar-refractivity contribution in [1.82, 2.24) is 4.98 Å². The monoisotopic (exact) mass is 521 g/mol. The van der Waals surface area contributed by atoms with Crippen molar-refractivity contribution in [2.75, 3.05) is 14.2 Å². The summed E-state index contributed by atoms with van der Waals surface area (Å²) < 4.78 is 10.5. The number of carbonyl (C=O) groups excluding carboxylic acids is 1. The maximum atomic E-state index is 10.0. The Morgan fingerprint density at radius 1 is 1.24 bits per heavy atom. The van der Waals surface area contributed by atoms with Crippen molar-refractivity contribution in [1.29, 1.82) is 0 Å². The predicted octanol–water partition coefficient (Wildman–Crippen LogP) is 3.91. The number of carbonyl (C=O) groups is 1. The van der Waals surface area contributed by atoms with Crippen LogP contribution < -0.4 is 9.47 Å². The van der Waals surface area contributed by atoms with E-state index in [-0.39, 0.29) is 31.6 Å². The van der Waals surface area contributed by atoms with Crippen LogP contribution in [-0.2, 0) is 24.9 Å². The van der Waals surface area contributed by atoms with Crippen LogP contribution in [0.1, 0.15) is 19.4 Å². The number of aromatic nitrogens is 1. The summed E-state index contributed by atoms with van der Waals surface area (Å²) >= 11 is 0. The third kappa shape index (κ3) is 7.96. The SMILES string of the molecule is CC(=O)/C=C(/C)O.COc1c[c-]c(-c2cc(C)ccn2)c(OC)c1.[Ir]. The van der Waals surface area contributed by atoms with Crippen molar-refractivity contribution >= 4 is 5.78 Å². The average Bonchev–Trinajstić information content (AvgIpc) is 2.53. The first-order valence-corrected chi connectivity index (χ1v) is 7.32. The maximum Gasteiger partial charge on any atom is 0.155 e. The predicted molar refractivity (Wildman–Crippen MR) is 93.4 cm³/mol. The molecule has 137 valence electrons. The molecule has 0 saturated heterocycles. The van der Waals surface area contributed by atoms with E-state index >= 15 is 0 Å². The minimum absolute atomic E-state index is 0. The quantitative estimate of drug-likeness (QED) is 0.376. The first kappa shape index (κ1) is 22.8. The summed E-state index contributed by atoms with van der Waals surface area (Å²) in [6.07, 6.45) is 2.95. The molecule has 1 aromatic carbocycles. The number of nitrogens with zero attached hydrogens (tertiary/aromatic N) is 1. The van der Waals surface area contributed by atoms with E-state index in [1.165, 1.54) is 19.9 Å². The standard InChI is InChI=1S/C14H14NO2.C5H8O2.Ir/c1-10-6-7-15-13(8-10)12-5-4-11(16-2)9-14(12)17-3;1-4(6)3-5(2)7;/h4,6-9H,1-3H3;3,6H,1-2H3;/q-1;;/b;4-3-;. The fraction of sp³-hybridized carbons (Fsp3) is 0.263. The van der Waals surface area contributed by atoms with Crippen LogP contribution in [0.5, 0.6) is 11.5 Å². The van der Waals surface area contributed by atoms with Crippen LogP contribution in [0.3, 0.4) is 0 Å². The van der Waals surface area contributed by atoms with Crippen LogP contribution in [0.4, 0.5) is 0 Å².